The molecule has 0 heterocycles. The molecule has 0 aromatic rings. The molecular formula is C28H48O2. The second-order valence-electron chi connectivity index (χ2n) is 8.18. The van der Waals surface area contributed by atoms with E-state index < -0.39 is 5.97 Å². The van der Waals surface area contributed by atoms with Crippen LogP contribution in [0, 0.1) is 0 Å². The Hall–Kier alpha value is -1.57. The number of unbranched alkanes of at least 4 members (excludes halogenated alkanes) is 12. The number of allylic oxidation sites excluding steroid dienone is 8. The first-order valence-corrected chi connectivity index (χ1v) is 12.6. The van der Waals surface area contributed by atoms with Gasteiger partial charge in [0.05, 0.1) is 0 Å². The van der Waals surface area contributed by atoms with Crippen molar-refractivity contribution in [3.05, 3.63) is 48.6 Å². The van der Waals surface area contributed by atoms with E-state index in [0.29, 0.717) is 6.42 Å². The van der Waals surface area contributed by atoms with Gasteiger partial charge >= 0.3 is 5.97 Å². The lowest BCUT2D eigenvalue weighted by molar-refractivity contribution is -0.137. The third-order valence-corrected chi connectivity index (χ3v) is 5.23. The van der Waals surface area contributed by atoms with Crippen LogP contribution in [0.2, 0.25) is 0 Å². The molecular weight excluding hydrogens is 368 g/mol. The van der Waals surface area contributed by atoms with Crippen molar-refractivity contribution in [1.29, 1.82) is 0 Å². The molecule has 2 nitrogen and oxygen atoms in total. The zero-order chi connectivity index (χ0) is 22.0. The van der Waals surface area contributed by atoms with Gasteiger partial charge < -0.3 is 5.11 Å². The van der Waals surface area contributed by atoms with Gasteiger partial charge in [-0.3, -0.25) is 4.79 Å². The summed E-state index contributed by atoms with van der Waals surface area (Å²) in [4.78, 5) is 10.4. The molecule has 0 bridgehead atoms. The van der Waals surface area contributed by atoms with Crippen LogP contribution in [0.5, 0.6) is 0 Å². The van der Waals surface area contributed by atoms with Gasteiger partial charge in [-0.1, -0.05) is 120 Å². The summed E-state index contributed by atoms with van der Waals surface area (Å²) in [5.74, 6) is -0.659. The predicted molar refractivity (Wildman–Crippen MR) is 133 cm³/mol. The van der Waals surface area contributed by atoms with E-state index in [2.05, 4.69) is 55.5 Å². The van der Waals surface area contributed by atoms with E-state index in [4.69, 9.17) is 5.11 Å². The number of carbonyl (C=O) groups is 1. The van der Waals surface area contributed by atoms with E-state index in [-0.39, 0.29) is 0 Å². The molecule has 2 heteroatoms. The average molecular weight is 417 g/mol. The minimum atomic E-state index is -0.659. The number of hydrogen-bond acceptors (Lipinski definition) is 1. The molecule has 0 aliphatic rings. The topological polar surface area (TPSA) is 37.3 Å². The van der Waals surface area contributed by atoms with Crippen molar-refractivity contribution in [2.45, 2.75) is 122 Å². The highest BCUT2D eigenvalue weighted by Gasteiger charge is 1.97. The van der Waals surface area contributed by atoms with Crippen LogP contribution >= 0.6 is 0 Å². The number of aliphatic carboxylic acids is 1. The van der Waals surface area contributed by atoms with Crippen LogP contribution in [0.3, 0.4) is 0 Å². The van der Waals surface area contributed by atoms with Crippen molar-refractivity contribution in [1.82, 2.24) is 0 Å². The summed E-state index contributed by atoms with van der Waals surface area (Å²) < 4.78 is 0. The summed E-state index contributed by atoms with van der Waals surface area (Å²) in [6.45, 7) is 2.17. The summed E-state index contributed by atoms with van der Waals surface area (Å²) >= 11 is 0. The van der Waals surface area contributed by atoms with E-state index >= 15 is 0 Å². The lowest BCUT2D eigenvalue weighted by Crippen LogP contribution is -1.93. The Kier molecular flexibility index (Phi) is 24.1. The molecule has 0 aromatic heterocycles. The molecule has 172 valence electrons. The smallest absolute Gasteiger partial charge is 0.303 e. The molecule has 0 aliphatic carbocycles. The summed E-state index contributed by atoms with van der Waals surface area (Å²) in [5, 5.41) is 8.59. The van der Waals surface area contributed by atoms with Crippen molar-refractivity contribution in [2.75, 3.05) is 0 Å². The Labute approximate surface area is 187 Å². The number of carboxylic acids is 1. The maximum Gasteiger partial charge on any atom is 0.303 e. The quantitative estimate of drug-likeness (QED) is 0.141. The third-order valence-electron chi connectivity index (χ3n) is 5.23. The van der Waals surface area contributed by atoms with Crippen LogP contribution in [-0.2, 0) is 4.79 Å². The SMILES string of the molecule is CC/C=C\C/C=C\C/C=C\C/C=C\CCCCCCCCCCCCCCC(=O)O. The fourth-order valence-electron chi connectivity index (χ4n) is 3.40. The highest BCUT2D eigenvalue weighted by molar-refractivity contribution is 5.66. The van der Waals surface area contributed by atoms with Crippen LogP contribution in [0.4, 0.5) is 0 Å². The van der Waals surface area contributed by atoms with Gasteiger partial charge in [0.1, 0.15) is 0 Å². The molecule has 0 aromatic carbocycles. The Morgan fingerprint density at radius 3 is 1.33 bits per heavy atom. The molecule has 0 saturated heterocycles. The first-order chi connectivity index (χ1) is 14.8. The van der Waals surface area contributed by atoms with E-state index in [9.17, 15) is 4.79 Å². The molecule has 0 spiro atoms. The monoisotopic (exact) mass is 416 g/mol. The summed E-state index contributed by atoms with van der Waals surface area (Å²) in [6, 6.07) is 0. The predicted octanol–water partition coefficient (Wildman–Crippen LogP) is 9.34. The Morgan fingerprint density at radius 2 is 0.900 bits per heavy atom. The van der Waals surface area contributed by atoms with Crippen LogP contribution in [0.25, 0.3) is 0 Å². The van der Waals surface area contributed by atoms with Gasteiger partial charge in [-0.05, 0) is 44.9 Å². The number of carboxylic acid groups (broad SMARTS) is 1. The van der Waals surface area contributed by atoms with Gasteiger partial charge in [-0.25, -0.2) is 0 Å². The largest absolute Gasteiger partial charge is 0.481 e. The maximum absolute atomic E-state index is 10.4. The van der Waals surface area contributed by atoms with Gasteiger partial charge in [0.15, 0.2) is 0 Å². The second-order valence-corrected chi connectivity index (χ2v) is 8.18. The number of rotatable bonds is 22. The van der Waals surface area contributed by atoms with Gasteiger partial charge in [-0.2, -0.15) is 0 Å². The minimum Gasteiger partial charge on any atom is -0.481 e. The van der Waals surface area contributed by atoms with Gasteiger partial charge in [0.25, 0.3) is 0 Å². The van der Waals surface area contributed by atoms with E-state index in [0.717, 1.165) is 38.5 Å². The second kappa shape index (κ2) is 25.5. The fraction of sp³-hybridized carbons (Fsp3) is 0.679. The zero-order valence-corrected chi connectivity index (χ0v) is 19.7. The van der Waals surface area contributed by atoms with Crippen LogP contribution < -0.4 is 0 Å². The van der Waals surface area contributed by atoms with Gasteiger partial charge in [-0.15, -0.1) is 0 Å². The van der Waals surface area contributed by atoms with E-state index in [1.54, 1.807) is 0 Å². The molecule has 0 radical (unpaired) electrons. The standard InChI is InChI=1S/C28H48O2/c1-2-3-4-5-6-7-8-9-10-11-12-13-14-15-16-17-18-19-20-21-22-23-24-25-26-27-28(29)30/h3-4,6-7,9-10,12-13H,2,5,8,11,14-27H2,1H3,(H,29,30)/b4-3-,7-6-,10-9-,13-12-. The Balaban J connectivity index is 3.22. The molecule has 0 rings (SSSR count). The Bertz CT molecular complexity index is 471. The molecule has 0 saturated carbocycles. The molecule has 0 fully saturated rings. The molecule has 0 unspecified atom stereocenters. The molecule has 0 aliphatic heterocycles. The number of hydrogen-bond donors (Lipinski definition) is 1. The summed E-state index contributed by atoms with van der Waals surface area (Å²) in [7, 11) is 0. The molecule has 1 N–H and O–H groups in total. The lowest BCUT2D eigenvalue weighted by Gasteiger charge is -2.02. The van der Waals surface area contributed by atoms with Crippen LogP contribution in [0.1, 0.15) is 122 Å². The Morgan fingerprint density at radius 1 is 0.533 bits per heavy atom. The third kappa shape index (κ3) is 26.4. The molecule has 0 amide bonds. The minimum absolute atomic E-state index is 0.336. The lowest BCUT2D eigenvalue weighted by atomic mass is 10.0. The van der Waals surface area contributed by atoms with Crippen LogP contribution in [-0.4, -0.2) is 11.1 Å². The summed E-state index contributed by atoms with van der Waals surface area (Å²) in [6.07, 6.45) is 39.2. The normalized spacial score (nSPS) is 12.3. The highest BCUT2D eigenvalue weighted by atomic mass is 16.4. The summed E-state index contributed by atoms with van der Waals surface area (Å²) in [5.41, 5.74) is 0. The van der Waals surface area contributed by atoms with E-state index in [1.807, 2.05) is 0 Å². The van der Waals surface area contributed by atoms with Crippen molar-refractivity contribution in [3.8, 4) is 0 Å². The van der Waals surface area contributed by atoms with Crippen molar-refractivity contribution >= 4 is 5.97 Å². The zero-order valence-electron chi connectivity index (χ0n) is 19.7. The van der Waals surface area contributed by atoms with Gasteiger partial charge in [0.2, 0.25) is 0 Å². The van der Waals surface area contributed by atoms with Crippen molar-refractivity contribution in [3.63, 3.8) is 0 Å². The van der Waals surface area contributed by atoms with Crippen LogP contribution in [0.15, 0.2) is 48.6 Å². The van der Waals surface area contributed by atoms with E-state index in [1.165, 1.54) is 70.6 Å². The first kappa shape index (κ1) is 28.4. The van der Waals surface area contributed by atoms with Crippen molar-refractivity contribution < 1.29 is 9.90 Å². The van der Waals surface area contributed by atoms with Gasteiger partial charge in [0, 0.05) is 6.42 Å². The van der Waals surface area contributed by atoms with Crippen molar-refractivity contribution in [2.24, 2.45) is 0 Å². The average Bonchev–Trinajstić information content (AvgIpc) is 2.73. The fourth-order valence-corrected chi connectivity index (χ4v) is 3.40. The molecule has 30 heavy (non-hydrogen) atoms. The maximum atomic E-state index is 10.4. The molecule has 0 atom stereocenters. The first-order valence-electron chi connectivity index (χ1n) is 12.6. The highest BCUT2D eigenvalue weighted by Crippen LogP contribution is 2.13.